The number of amides is 2. The summed E-state index contributed by atoms with van der Waals surface area (Å²) in [7, 11) is 0. The number of piperazine rings is 1. The highest BCUT2D eigenvalue weighted by Crippen LogP contribution is 2.21. The number of rotatable bonds is 5. The molecule has 2 amide bonds. The SMILES string of the molecule is O=C(NCC(=O)N1CCN(Cl)CC1)c1ccc(Oc2ccccc2)cc1. The van der Waals surface area contributed by atoms with E-state index in [2.05, 4.69) is 5.32 Å². The molecule has 1 fully saturated rings. The molecule has 2 aromatic rings. The van der Waals surface area contributed by atoms with E-state index in [4.69, 9.17) is 16.5 Å². The maximum atomic E-state index is 12.2. The molecule has 0 spiro atoms. The van der Waals surface area contributed by atoms with Crippen LogP contribution in [0, 0.1) is 0 Å². The molecule has 3 rings (SSSR count). The van der Waals surface area contributed by atoms with Gasteiger partial charge in [0, 0.05) is 31.7 Å². The Hall–Kier alpha value is -2.57. The zero-order valence-electron chi connectivity index (χ0n) is 14.2. The quantitative estimate of drug-likeness (QED) is 0.818. The second-order valence-corrected chi connectivity index (χ2v) is 6.39. The van der Waals surface area contributed by atoms with Gasteiger partial charge in [0.2, 0.25) is 5.91 Å². The summed E-state index contributed by atoms with van der Waals surface area (Å²) in [6.45, 7) is 2.38. The van der Waals surface area contributed by atoms with Crippen LogP contribution in [0.5, 0.6) is 11.5 Å². The number of para-hydroxylation sites is 1. The van der Waals surface area contributed by atoms with Gasteiger partial charge >= 0.3 is 0 Å². The Labute approximate surface area is 157 Å². The first kappa shape index (κ1) is 18.2. The van der Waals surface area contributed by atoms with Gasteiger partial charge in [0.05, 0.1) is 6.54 Å². The van der Waals surface area contributed by atoms with Crippen molar-refractivity contribution in [3.8, 4) is 11.5 Å². The molecule has 2 aromatic carbocycles. The largest absolute Gasteiger partial charge is 0.457 e. The Balaban J connectivity index is 1.49. The highest BCUT2D eigenvalue weighted by molar-refractivity contribution is 6.13. The number of hydrogen-bond acceptors (Lipinski definition) is 4. The number of carbonyl (C=O) groups excluding carboxylic acids is 2. The number of nitrogens with zero attached hydrogens (tertiary/aromatic N) is 2. The molecule has 0 saturated carbocycles. The smallest absolute Gasteiger partial charge is 0.251 e. The highest BCUT2D eigenvalue weighted by Gasteiger charge is 2.20. The normalized spacial score (nSPS) is 14.7. The minimum Gasteiger partial charge on any atom is -0.457 e. The average Bonchev–Trinajstić information content (AvgIpc) is 2.68. The average molecular weight is 374 g/mol. The predicted molar refractivity (Wildman–Crippen MR) is 99.3 cm³/mol. The van der Waals surface area contributed by atoms with Crippen molar-refractivity contribution in [2.24, 2.45) is 0 Å². The van der Waals surface area contributed by atoms with Gasteiger partial charge in [-0.2, -0.15) is 0 Å². The lowest BCUT2D eigenvalue weighted by Crippen LogP contribution is -2.48. The summed E-state index contributed by atoms with van der Waals surface area (Å²) >= 11 is 5.87. The van der Waals surface area contributed by atoms with Crippen molar-refractivity contribution < 1.29 is 14.3 Å². The third-order valence-corrected chi connectivity index (χ3v) is 4.41. The van der Waals surface area contributed by atoms with E-state index in [9.17, 15) is 9.59 Å². The zero-order chi connectivity index (χ0) is 18.4. The monoisotopic (exact) mass is 373 g/mol. The molecule has 0 aromatic heterocycles. The minimum absolute atomic E-state index is 0.0244. The fraction of sp³-hybridized carbons (Fsp3) is 0.263. The van der Waals surface area contributed by atoms with E-state index in [0.29, 0.717) is 37.5 Å². The maximum absolute atomic E-state index is 12.2. The molecule has 1 N–H and O–H groups in total. The molecular formula is C19H20ClN3O3. The minimum atomic E-state index is -0.291. The molecule has 136 valence electrons. The van der Waals surface area contributed by atoms with Crippen LogP contribution in [0.3, 0.4) is 0 Å². The van der Waals surface area contributed by atoms with Gasteiger partial charge in [-0.3, -0.25) is 9.59 Å². The Morgan fingerprint density at radius 2 is 1.54 bits per heavy atom. The lowest BCUT2D eigenvalue weighted by molar-refractivity contribution is -0.131. The molecule has 7 heteroatoms. The fourth-order valence-electron chi connectivity index (χ4n) is 2.60. The molecule has 0 radical (unpaired) electrons. The van der Waals surface area contributed by atoms with E-state index in [1.165, 1.54) is 0 Å². The molecule has 0 atom stereocenters. The van der Waals surface area contributed by atoms with Crippen molar-refractivity contribution in [3.63, 3.8) is 0 Å². The summed E-state index contributed by atoms with van der Waals surface area (Å²) in [5.74, 6) is 0.975. The van der Waals surface area contributed by atoms with Crippen LogP contribution in [-0.4, -0.2) is 53.9 Å². The third kappa shape index (κ3) is 4.97. The summed E-state index contributed by atoms with van der Waals surface area (Å²) in [5.41, 5.74) is 0.476. The summed E-state index contributed by atoms with van der Waals surface area (Å²) in [6, 6.07) is 16.2. The molecule has 1 heterocycles. The summed E-state index contributed by atoms with van der Waals surface area (Å²) in [5, 5.41) is 2.66. The van der Waals surface area contributed by atoms with Gasteiger partial charge in [-0.25, -0.2) is 4.42 Å². The number of carbonyl (C=O) groups is 2. The van der Waals surface area contributed by atoms with Crippen LogP contribution in [0.4, 0.5) is 0 Å². The van der Waals surface area contributed by atoms with Gasteiger partial charge < -0.3 is 15.0 Å². The Kier molecular flexibility index (Phi) is 6.09. The van der Waals surface area contributed by atoms with E-state index in [-0.39, 0.29) is 18.4 Å². The van der Waals surface area contributed by atoms with Crippen molar-refractivity contribution in [2.75, 3.05) is 32.7 Å². The van der Waals surface area contributed by atoms with Crippen LogP contribution >= 0.6 is 11.8 Å². The van der Waals surface area contributed by atoms with E-state index in [1.807, 2.05) is 30.3 Å². The van der Waals surface area contributed by atoms with E-state index in [1.54, 1.807) is 33.6 Å². The van der Waals surface area contributed by atoms with Crippen molar-refractivity contribution in [3.05, 3.63) is 60.2 Å². The number of ether oxygens (including phenoxy) is 1. The van der Waals surface area contributed by atoms with Crippen molar-refractivity contribution >= 4 is 23.6 Å². The van der Waals surface area contributed by atoms with Crippen molar-refractivity contribution in [1.82, 2.24) is 14.6 Å². The Morgan fingerprint density at radius 1 is 0.923 bits per heavy atom. The Bertz CT molecular complexity index is 744. The summed E-state index contributed by atoms with van der Waals surface area (Å²) in [6.07, 6.45) is 0. The molecule has 26 heavy (non-hydrogen) atoms. The van der Waals surface area contributed by atoms with Gasteiger partial charge in [0.15, 0.2) is 0 Å². The second kappa shape index (κ2) is 8.69. The van der Waals surface area contributed by atoms with Crippen LogP contribution < -0.4 is 10.1 Å². The zero-order valence-corrected chi connectivity index (χ0v) is 15.0. The van der Waals surface area contributed by atoms with Gasteiger partial charge in [-0.05, 0) is 48.2 Å². The van der Waals surface area contributed by atoms with Gasteiger partial charge in [-0.1, -0.05) is 18.2 Å². The van der Waals surface area contributed by atoms with Crippen molar-refractivity contribution in [1.29, 1.82) is 0 Å². The first-order chi connectivity index (χ1) is 12.6. The molecule has 1 aliphatic rings. The lowest BCUT2D eigenvalue weighted by Gasteiger charge is -2.30. The van der Waals surface area contributed by atoms with Crippen LogP contribution in [0.15, 0.2) is 54.6 Å². The summed E-state index contributed by atoms with van der Waals surface area (Å²) < 4.78 is 7.35. The van der Waals surface area contributed by atoms with Crippen LogP contribution in [0.25, 0.3) is 0 Å². The number of hydrogen-bond donors (Lipinski definition) is 1. The van der Waals surface area contributed by atoms with Gasteiger partial charge in [0.25, 0.3) is 5.91 Å². The number of benzene rings is 2. The second-order valence-electron chi connectivity index (χ2n) is 5.91. The molecule has 0 unspecified atom stereocenters. The maximum Gasteiger partial charge on any atom is 0.251 e. The number of halogens is 1. The van der Waals surface area contributed by atoms with Crippen molar-refractivity contribution in [2.45, 2.75) is 0 Å². The standard InChI is InChI=1S/C19H20ClN3O3/c20-23-12-10-22(11-13-23)18(24)14-21-19(25)15-6-8-17(9-7-15)26-16-4-2-1-3-5-16/h1-9H,10-14H2,(H,21,25). The fourth-order valence-corrected chi connectivity index (χ4v) is 2.75. The van der Waals surface area contributed by atoms with Crippen LogP contribution in [-0.2, 0) is 4.79 Å². The summed E-state index contributed by atoms with van der Waals surface area (Å²) in [4.78, 5) is 26.0. The number of nitrogens with one attached hydrogen (secondary N) is 1. The van der Waals surface area contributed by atoms with Crippen LogP contribution in [0.1, 0.15) is 10.4 Å². The highest BCUT2D eigenvalue weighted by atomic mass is 35.5. The molecule has 1 saturated heterocycles. The van der Waals surface area contributed by atoms with Crippen LogP contribution in [0.2, 0.25) is 0 Å². The van der Waals surface area contributed by atoms with Gasteiger partial charge in [-0.15, -0.1) is 0 Å². The molecule has 1 aliphatic heterocycles. The molecule has 0 bridgehead atoms. The van der Waals surface area contributed by atoms with E-state index >= 15 is 0 Å². The predicted octanol–water partition coefficient (Wildman–Crippen LogP) is 2.51. The first-order valence-electron chi connectivity index (χ1n) is 8.41. The van der Waals surface area contributed by atoms with E-state index < -0.39 is 0 Å². The molecule has 0 aliphatic carbocycles. The third-order valence-electron chi connectivity index (χ3n) is 4.07. The lowest BCUT2D eigenvalue weighted by atomic mass is 10.2. The van der Waals surface area contributed by atoms with E-state index in [0.717, 1.165) is 5.75 Å². The topological polar surface area (TPSA) is 61.9 Å². The molecular weight excluding hydrogens is 354 g/mol. The Morgan fingerprint density at radius 3 is 2.19 bits per heavy atom. The first-order valence-corrected chi connectivity index (χ1v) is 8.75. The van der Waals surface area contributed by atoms with Gasteiger partial charge in [0.1, 0.15) is 11.5 Å². The molecule has 6 nitrogen and oxygen atoms in total.